The third-order valence-corrected chi connectivity index (χ3v) is 6.86. The number of likely N-dealkylation sites (tertiary alicyclic amines) is 1. The average Bonchev–Trinajstić information content (AvgIpc) is 3.30. The summed E-state index contributed by atoms with van der Waals surface area (Å²) in [5.41, 5.74) is 4.37. The quantitative estimate of drug-likeness (QED) is 0.435. The summed E-state index contributed by atoms with van der Waals surface area (Å²) in [4.78, 5) is 39.3. The van der Waals surface area contributed by atoms with Crippen molar-refractivity contribution in [3.8, 4) is 0 Å². The first kappa shape index (κ1) is 27.0. The van der Waals surface area contributed by atoms with Crippen LogP contribution < -0.4 is 10.6 Å². The summed E-state index contributed by atoms with van der Waals surface area (Å²) >= 11 is 0. The monoisotopic (exact) mass is 515 g/mol. The van der Waals surface area contributed by atoms with E-state index in [1.54, 1.807) is 24.3 Å². The summed E-state index contributed by atoms with van der Waals surface area (Å²) in [6.07, 6.45) is -1.26. The fourth-order valence-corrected chi connectivity index (χ4v) is 4.81. The minimum Gasteiger partial charge on any atom is -0.343 e. The predicted molar refractivity (Wildman–Crippen MR) is 146 cm³/mol. The van der Waals surface area contributed by atoms with Crippen LogP contribution in [0.2, 0.25) is 0 Å². The van der Waals surface area contributed by atoms with E-state index in [9.17, 15) is 18.8 Å². The molecule has 1 aliphatic rings. The second-order valence-electron chi connectivity index (χ2n) is 10.1. The number of alkyl halides is 1. The zero-order chi connectivity index (χ0) is 27.2. The van der Waals surface area contributed by atoms with E-state index < -0.39 is 18.3 Å². The third-order valence-electron chi connectivity index (χ3n) is 6.86. The van der Waals surface area contributed by atoms with Crippen LogP contribution in [0.15, 0.2) is 78.9 Å². The highest BCUT2D eigenvalue weighted by Gasteiger charge is 2.40. The molecule has 38 heavy (non-hydrogen) atoms. The fourth-order valence-electron chi connectivity index (χ4n) is 4.81. The van der Waals surface area contributed by atoms with Crippen molar-refractivity contribution in [2.75, 3.05) is 11.9 Å². The lowest BCUT2D eigenvalue weighted by Gasteiger charge is -2.27. The molecule has 7 heteroatoms. The number of hydrogen-bond donors (Lipinski definition) is 2. The van der Waals surface area contributed by atoms with E-state index in [2.05, 4.69) is 36.6 Å². The van der Waals surface area contributed by atoms with Gasteiger partial charge in [-0.3, -0.25) is 14.4 Å². The van der Waals surface area contributed by atoms with Crippen LogP contribution in [0.3, 0.4) is 0 Å². The minimum absolute atomic E-state index is 0.0349. The molecule has 3 atom stereocenters. The van der Waals surface area contributed by atoms with Gasteiger partial charge in [0.1, 0.15) is 12.2 Å². The van der Waals surface area contributed by atoms with Crippen molar-refractivity contribution < 1.29 is 18.8 Å². The summed E-state index contributed by atoms with van der Waals surface area (Å²) in [5.74, 6) is -0.482. The van der Waals surface area contributed by atoms with E-state index in [1.165, 1.54) is 17.4 Å². The fraction of sp³-hybridized carbons (Fsp3) is 0.323. The number of carbonyl (C=O) groups excluding carboxylic acids is 3. The maximum Gasteiger partial charge on any atom is 0.243 e. The molecule has 0 aliphatic carbocycles. The summed E-state index contributed by atoms with van der Waals surface area (Å²) in [6, 6.07) is 23.4. The Morgan fingerprint density at radius 3 is 2.11 bits per heavy atom. The Labute approximate surface area is 223 Å². The van der Waals surface area contributed by atoms with Crippen molar-refractivity contribution >= 4 is 23.4 Å². The molecular weight excluding hydrogens is 481 g/mol. The molecule has 3 amide bonds. The van der Waals surface area contributed by atoms with Gasteiger partial charge in [0.05, 0.1) is 19.0 Å². The molecule has 3 aromatic rings. The smallest absolute Gasteiger partial charge is 0.243 e. The number of benzene rings is 3. The van der Waals surface area contributed by atoms with Crippen molar-refractivity contribution in [3.63, 3.8) is 0 Å². The Kier molecular flexibility index (Phi) is 8.56. The second kappa shape index (κ2) is 12.0. The number of rotatable bonds is 8. The molecule has 0 bridgehead atoms. The van der Waals surface area contributed by atoms with Gasteiger partial charge < -0.3 is 15.5 Å². The molecule has 1 saturated heterocycles. The van der Waals surface area contributed by atoms with E-state index in [0.29, 0.717) is 11.6 Å². The molecule has 2 N–H and O–H groups in total. The maximum absolute atomic E-state index is 14.5. The van der Waals surface area contributed by atoms with Gasteiger partial charge >= 0.3 is 0 Å². The van der Waals surface area contributed by atoms with Crippen LogP contribution in [0, 0.1) is 0 Å². The Morgan fingerprint density at radius 2 is 1.50 bits per heavy atom. The third kappa shape index (κ3) is 6.65. The topological polar surface area (TPSA) is 78.5 Å². The lowest BCUT2D eigenvalue weighted by atomic mass is 9.95. The van der Waals surface area contributed by atoms with Gasteiger partial charge in [0, 0.05) is 19.0 Å². The van der Waals surface area contributed by atoms with Crippen molar-refractivity contribution in [2.24, 2.45) is 0 Å². The van der Waals surface area contributed by atoms with Crippen LogP contribution in [0.25, 0.3) is 0 Å². The number of anilines is 1. The highest BCUT2D eigenvalue weighted by Crippen LogP contribution is 2.27. The standard InChI is InChI=1S/C31H34FN3O3/c1-20(2)23-11-13-25(14-12-23)30(24-7-5-4-6-8-24)34-31(38)28-18-26(32)19-35(28)29(37)17-22-9-15-27(16-10-22)33-21(3)36/h4-16,20,26,28,30H,17-19H2,1-3H3,(H,33,36)(H,34,38)/t26-,28+,30+/m1/s1. The Balaban J connectivity index is 1.51. The largest absolute Gasteiger partial charge is 0.343 e. The summed E-state index contributed by atoms with van der Waals surface area (Å²) in [7, 11) is 0. The molecule has 0 spiro atoms. The number of nitrogens with zero attached hydrogens (tertiary/aromatic N) is 1. The van der Waals surface area contributed by atoms with E-state index in [-0.39, 0.29) is 37.1 Å². The van der Waals surface area contributed by atoms with Crippen LogP contribution in [-0.2, 0) is 20.8 Å². The molecule has 198 valence electrons. The van der Waals surface area contributed by atoms with E-state index >= 15 is 0 Å². The second-order valence-corrected chi connectivity index (χ2v) is 10.1. The van der Waals surface area contributed by atoms with Gasteiger partial charge in [-0.25, -0.2) is 4.39 Å². The van der Waals surface area contributed by atoms with Crippen molar-refractivity contribution in [2.45, 2.75) is 57.8 Å². The first-order chi connectivity index (χ1) is 18.2. The van der Waals surface area contributed by atoms with Crippen LogP contribution in [-0.4, -0.2) is 41.4 Å². The number of amides is 3. The van der Waals surface area contributed by atoms with E-state index in [1.807, 2.05) is 42.5 Å². The molecule has 1 heterocycles. The Bertz CT molecular complexity index is 1260. The van der Waals surface area contributed by atoms with Crippen molar-refractivity contribution in [3.05, 3.63) is 101 Å². The molecule has 0 aromatic heterocycles. The number of hydrogen-bond acceptors (Lipinski definition) is 3. The van der Waals surface area contributed by atoms with Gasteiger partial charge in [0.2, 0.25) is 17.7 Å². The summed E-state index contributed by atoms with van der Waals surface area (Å²) in [6.45, 7) is 5.57. The van der Waals surface area contributed by atoms with E-state index in [0.717, 1.165) is 16.7 Å². The number of halogens is 1. The van der Waals surface area contributed by atoms with Gasteiger partial charge in [-0.05, 0) is 40.3 Å². The minimum atomic E-state index is -1.27. The van der Waals surface area contributed by atoms with Gasteiger partial charge in [0.25, 0.3) is 0 Å². The SMILES string of the molecule is CC(=O)Nc1ccc(CC(=O)N2C[C@H](F)C[C@H]2C(=O)N[C@@H](c2ccccc2)c2ccc(C(C)C)cc2)cc1. The Hall–Kier alpha value is -4.00. The maximum atomic E-state index is 14.5. The molecule has 4 rings (SSSR count). The molecule has 3 aromatic carbocycles. The first-order valence-electron chi connectivity index (χ1n) is 13.0. The molecule has 1 aliphatic heterocycles. The van der Waals surface area contributed by atoms with Crippen LogP contribution >= 0.6 is 0 Å². The molecule has 0 unspecified atom stereocenters. The highest BCUT2D eigenvalue weighted by atomic mass is 19.1. The van der Waals surface area contributed by atoms with E-state index in [4.69, 9.17) is 0 Å². The van der Waals surface area contributed by atoms with Gasteiger partial charge in [-0.1, -0.05) is 80.6 Å². The van der Waals surface area contributed by atoms with Gasteiger partial charge in [-0.2, -0.15) is 0 Å². The number of nitrogens with one attached hydrogen (secondary N) is 2. The van der Waals surface area contributed by atoms with Crippen molar-refractivity contribution in [1.29, 1.82) is 0 Å². The molecule has 6 nitrogen and oxygen atoms in total. The zero-order valence-corrected chi connectivity index (χ0v) is 22.0. The van der Waals surface area contributed by atoms with Crippen LogP contribution in [0.1, 0.15) is 61.4 Å². The summed E-state index contributed by atoms with van der Waals surface area (Å²) < 4.78 is 14.5. The van der Waals surface area contributed by atoms with Crippen LogP contribution in [0.4, 0.5) is 10.1 Å². The summed E-state index contributed by atoms with van der Waals surface area (Å²) in [5, 5.41) is 5.78. The average molecular weight is 516 g/mol. The van der Waals surface area contributed by atoms with Crippen LogP contribution in [0.5, 0.6) is 0 Å². The van der Waals surface area contributed by atoms with Crippen molar-refractivity contribution in [1.82, 2.24) is 10.2 Å². The first-order valence-corrected chi connectivity index (χ1v) is 13.0. The zero-order valence-electron chi connectivity index (χ0n) is 22.0. The highest BCUT2D eigenvalue weighted by molar-refractivity contribution is 5.90. The predicted octanol–water partition coefficient (Wildman–Crippen LogP) is 5.16. The number of carbonyl (C=O) groups is 3. The lowest BCUT2D eigenvalue weighted by Crippen LogP contribution is -2.47. The molecule has 0 radical (unpaired) electrons. The van der Waals surface area contributed by atoms with Gasteiger partial charge in [0.15, 0.2) is 0 Å². The molecule has 0 saturated carbocycles. The Morgan fingerprint density at radius 1 is 0.895 bits per heavy atom. The lowest BCUT2D eigenvalue weighted by molar-refractivity contribution is -0.138. The van der Waals surface area contributed by atoms with Gasteiger partial charge in [-0.15, -0.1) is 0 Å². The molecule has 1 fully saturated rings. The molecular formula is C31H34FN3O3. The normalized spacial score (nSPS) is 17.8.